The van der Waals surface area contributed by atoms with Gasteiger partial charge in [0.15, 0.2) is 0 Å². The van der Waals surface area contributed by atoms with Crippen molar-refractivity contribution in [2.75, 3.05) is 21.2 Å². The molecule has 0 radical (unpaired) electrons. The van der Waals surface area contributed by atoms with E-state index >= 15 is 0 Å². The van der Waals surface area contributed by atoms with Gasteiger partial charge in [0.05, 0.1) is 13.5 Å². The Morgan fingerprint density at radius 3 is 2.26 bits per heavy atom. The minimum absolute atomic E-state index is 0.0541. The first kappa shape index (κ1) is 16.0. The van der Waals surface area contributed by atoms with Gasteiger partial charge in [0.1, 0.15) is 5.75 Å². The highest BCUT2D eigenvalue weighted by atomic mass is 79.9. The van der Waals surface area contributed by atoms with Crippen LogP contribution in [-0.4, -0.2) is 32.1 Å². The molecule has 106 valence electrons. The molecule has 0 aromatic heterocycles. The maximum absolute atomic E-state index is 11.9. The molecular formula is C14H21BrN2O2. The summed E-state index contributed by atoms with van der Waals surface area (Å²) in [6.45, 7) is 6.04. The second-order valence-electron chi connectivity index (χ2n) is 4.81. The van der Waals surface area contributed by atoms with Crippen LogP contribution in [0.1, 0.15) is 22.3 Å². The molecule has 5 heteroatoms. The quantitative estimate of drug-likeness (QED) is 0.863. The molecule has 0 saturated carbocycles. The summed E-state index contributed by atoms with van der Waals surface area (Å²) >= 11 is 3.59. The fraction of sp³-hybridized carbons (Fsp3) is 0.500. The second kappa shape index (κ2) is 6.39. The molecule has 0 bridgehead atoms. The summed E-state index contributed by atoms with van der Waals surface area (Å²) < 4.78 is 6.52. The largest absolute Gasteiger partial charge is 0.496 e. The van der Waals surface area contributed by atoms with Crippen LogP contribution < -0.4 is 10.2 Å². The number of carbonyl (C=O) groups excluding carboxylic acids is 1. The maximum Gasteiger partial charge on any atom is 0.238 e. The van der Waals surface area contributed by atoms with Gasteiger partial charge in [-0.1, -0.05) is 15.9 Å². The lowest BCUT2D eigenvalue weighted by Gasteiger charge is -2.19. The first-order chi connectivity index (χ1) is 8.79. The van der Waals surface area contributed by atoms with Crippen molar-refractivity contribution in [1.29, 1.82) is 0 Å². The highest BCUT2D eigenvalue weighted by molar-refractivity contribution is 9.10. The van der Waals surface area contributed by atoms with Crippen LogP contribution in [-0.2, 0) is 11.2 Å². The van der Waals surface area contributed by atoms with E-state index in [-0.39, 0.29) is 5.91 Å². The van der Waals surface area contributed by atoms with Crippen molar-refractivity contribution < 1.29 is 9.53 Å². The summed E-state index contributed by atoms with van der Waals surface area (Å²) in [4.78, 5) is 11.9. The van der Waals surface area contributed by atoms with Gasteiger partial charge in [-0.3, -0.25) is 10.2 Å². The van der Waals surface area contributed by atoms with E-state index in [2.05, 4.69) is 21.4 Å². The fourth-order valence-electron chi connectivity index (χ4n) is 2.08. The third kappa shape index (κ3) is 3.48. The molecule has 1 aromatic rings. The lowest BCUT2D eigenvalue weighted by atomic mass is 9.96. The molecule has 1 aromatic carbocycles. The molecule has 1 rings (SSSR count). The van der Waals surface area contributed by atoms with E-state index in [4.69, 9.17) is 4.74 Å². The van der Waals surface area contributed by atoms with Gasteiger partial charge in [0.25, 0.3) is 0 Å². The number of nitrogens with one attached hydrogen (secondary N) is 1. The molecule has 0 aliphatic heterocycles. The number of methoxy groups -OCH3 is 1. The number of benzene rings is 1. The minimum atomic E-state index is -0.0541. The molecule has 0 saturated heterocycles. The standard InChI is InChI=1S/C14H21BrN2O2/c1-8-9(2)14(19-6)11(10(3)13(8)15)7-12(18)16-17(4)5/h7H2,1-6H3,(H,16,18). The summed E-state index contributed by atoms with van der Waals surface area (Å²) in [5.41, 5.74) is 6.93. The molecule has 0 aliphatic carbocycles. The molecule has 0 aliphatic rings. The van der Waals surface area contributed by atoms with E-state index in [0.29, 0.717) is 6.42 Å². The topological polar surface area (TPSA) is 41.6 Å². The van der Waals surface area contributed by atoms with E-state index in [9.17, 15) is 4.79 Å². The lowest BCUT2D eigenvalue weighted by molar-refractivity contribution is -0.124. The van der Waals surface area contributed by atoms with E-state index in [1.54, 1.807) is 26.2 Å². The molecule has 0 atom stereocenters. The summed E-state index contributed by atoms with van der Waals surface area (Å²) in [5.74, 6) is 0.744. The van der Waals surface area contributed by atoms with E-state index in [0.717, 1.165) is 32.5 Å². The zero-order valence-electron chi connectivity index (χ0n) is 12.3. The predicted molar refractivity (Wildman–Crippen MR) is 80.4 cm³/mol. The van der Waals surface area contributed by atoms with Crippen molar-refractivity contribution in [1.82, 2.24) is 10.4 Å². The Balaban J connectivity index is 3.23. The van der Waals surface area contributed by atoms with Gasteiger partial charge in [-0.2, -0.15) is 0 Å². The summed E-state index contributed by atoms with van der Waals surface area (Å²) in [7, 11) is 5.22. The van der Waals surface area contributed by atoms with Crippen LogP contribution >= 0.6 is 15.9 Å². The van der Waals surface area contributed by atoms with E-state index in [1.165, 1.54) is 0 Å². The first-order valence-corrected chi connectivity index (χ1v) is 6.87. The predicted octanol–water partition coefficient (Wildman–Crippen LogP) is 2.52. The van der Waals surface area contributed by atoms with Crippen LogP contribution in [0.3, 0.4) is 0 Å². The molecule has 1 N–H and O–H groups in total. The van der Waals surface area contributed by atoms with Crippen molar-refractivity contribution in [3.8, 4) is 5.75 Å². The molecule has 0 unspecified atom stereocenters. The highest BCUT2D eigenvalue weighted by Gasteiger charge is 2.19. The zero-order valence-corrected chi connectivity index (χ0v) is 13.9. The van der Waals surface area contributed by atoms with Crippen LogP contribution in [0.4, 0.5) is 0 Å². The van der Waals surface area contributed by atoms with Crippen LogP contribution in [0.15, 0.2) is 4.47 Å². The fourth-order valence-corrected chi connectivity index (χ4v) is 2.62. The van der Waals surface area contributed by atoms with Crippen molar-refractivity contribution in [2.24, 2.45) is 0 Å². The van der Waals surface area contributed by atoms with Crippen molar-refractivity contribution >= 4 is 21.8 Å². The molecule has 0 fully saturated rings. The highest BCUT2D eigenvalue weighted by Crippen LogP contribution is 2.36. The molecule has 1 amide bonds. The maximum atomic E-state index is 11.9. The zero-order chi connectivity index (χ0) is 14.7. The number of hydrogen-bond acceptors (Lipinski definition) is 3. The third-order valence-electron chi connectivity index (χ3n) is 3.18. The Hall–Kier alpha value is -1.07. The molecule has 4 nitrogen and oxygen atoms in total. The van der Waals surface area contributed by atoms with Crippen LogP contribution in [0.25, 0.3) is 0 Å². The average molecular weight is 329 g/mol. The van der Waals surface area contributed by atoms with Gasteiger partial charge >= 0.3 is 0 Å². The first-order valence-electron chi connectivity index (χ1n) is 6.08. The number of rotatable bonds is 4. The van der Waals surface area contributed by atoms with Crippen LogP contribution in [0, 0.1) is 20.8 Å². The van der Waals surface area contributed by atoms with E-state index < -0.39 is 0 Å². The Morgan fingerprint density at radius 2 is 1.79 bits per heavy atom. The summed E-state index contributed by atoms with van der Waals surface area (Å²) in [6.07, 6.45) is 0.299. The van der Waals surface area contributed by atoms with Gasteiger partial charge in [0.2, 0.25) is 5.91 Å². The van der Waals surface area contributed by atoms with Crippen molar-refractivity contribution in [3.63, 3.8) is 0 Å². The Bertz CT molecular complexity index is 499. The Kier molecular flexibility index (Phi) is 5.38. The van der Waals surface area contributed by atoms with Crippen LogP contribution in [0.2, 0.25) is 0 Å². The number of nitrogens with zero attached hydrogens (tertiary/aromatic N) is 1. The van der Waals surface area contributed by atoms with Crippen LogP contribution in [0.5, 0.6) is 5.75 Å². The number of hydrazine groups is 1. The molecular weight excluding hydrogens is 308 g/mol. The molecule has 0 spiro atoms. The smallest absolute Gasteiger partial charge is 0.238 e. The number of ether oxygens (including phenoxy) is 1. The van der Waals surface area contributed by atoms with Gasteiger partial charge in [-0.15, -0.1) is 0 Å². The summed E-state index contributed by atoms with van der Waals surface area (Å²) in [5, 5.41) is 1.64. The normalized spacial score (nSPS) is 10.7. The van der Waals surface area contributed by atoms with Gasteiger partial charge in [-0.05, 0) is 37.5 Å². The van der Waals surface area contributed by atoms with Crippen molar-refractivity contribution in [2.45, 2.75) is 27.2 Å². The number of carbonyl (C=O) groups is 1. The Morgan fingerprint density at radius 1 is 1.21 bits per heavy atom. The summed E-state index contributed by atoms with van der Waals surface area (Å²) in [6, 6.07) is 0. The molecule has 19 heavy (non-hydrogen) atoms. The third-order valence-corrected chi connectivity index (χ3v) is 4.37. The number of hydrogen-bond donors (Lipinski definition) is 1. The lowest BCUT2D eigenvalue weighted by Crippen LogP contribution is -2.37. The molecule has 0 heterocycles. The average Bonchev–Trinajstić information content (AvgIpc) is 2.33. The van der Waals surface area contributed by atoms with Gasteiger partial charge < -0.3 is 4.74 Å². The monoisotopic (exact) mass is 328 g/mol. The SMILES string of the molecule is COc1c(C)c(C)c(Br)c(C)c1CC(=O)NN(C)C. The second-order valence-corrected chi connectivity index (χ2v) is 5.60. The Labute approximate surface area is 123 Å². The van der Waals surface area contributed by atoms with Gasteiger partial charge in [0, 0.05) is 24.1 Å². The van der Waals surface area contributed by atoms with E-state index in [1.807, 2.05) is 20.8 Å². The van der Waals surface area contributed by atoms with Gasteiger partial charge in [-0.25, -0.2) is 5.01 Å². The number of halogens is 1. The van der Waals surface area contributed by atoms with Crippen molar-refractivity contribution in [3.05, 3.63) is 26.7 Å². The minimum Gasteiger partial charge on any atom is -0.496 e. The number of amides is 1.